The first kappa shape index (κ1) is 21.2. The molecule has 0 unspecified atom stereocenters. The van der Waals surface area contributed by atoms with Gasteiger partial charge in [-0.25, -0.2) is 18.7 Å². The Labute approximate surface area is 181 Å². The van der Waals surface area contributed by atoms with Gasteiger partial charge in [0.2, 0.25) is 5.95 Å². The van der Waals surface area contributed by atoms with E-state index in [0.29, 0.717) is 11.1 Å². The van der Waals surface area contributed by atoms with Crippen LogP contribution in [0.4, 0.5) is 14.7 Å². The van der Waals surface area contributed by atoms with E-state index in [2.05, 4.69) is 26.8 Å². The normalized spacial score (nSPS) is 14.6. The minimum atomic E-state index is -0.697. The Kier molecular flexibility index (Phi) is 6.39. The highest BCUT2D eigenvalue weighted by Crippen LogP contribution is 2.30. The zero-order chi connectivity index (χ0) is 21.8. The number of rotatable bonds is 6. The third kappa shape index (κ3) is 4.98. The lowest BCUT2D eigenvalue weighted by Gasteiger charge is -2.31. The fraction of sp³-hybridized carbons (Fsp3) is 0.375. The van der Waals surface area contributed by atoms with Crippen LogP contribution in [-0.4, -0.2) is 34.6 Å². The van der Waals surface area contributed by atoms with Gasteiger partial charge >= 0.3 is 0 Å². The summed E-state index contributed by atoms with van der Waals surface area (Å²) in [6.07, 6.45) is 7.95. The lowest BCUT2D eigenvalue weighted by molar-refractivity contribution is 0.207. The first-order valence-electron chi connectivity index (χ1n) is 10.6. The molecule has 0 atom stereocenters. The average Bonchev–Trinajstić information content (AvgIpc) is 2.79. The van der Waals surface area contributed by atoms with Crippen LogP contribution in [0.5, 0.6) is 5.75 Å². The summed E-state index contributed by atoms with van der Waals surface area (Å²) in [6.45, 7) is 5.81. The summed E-state index contributed by atoms with van der Waals surface area (Å²) in [7, 11) is 0. The van der Waals surface area contributed by atoms with Gasteiger partial charge in [-0.05, 0) is 61.4 Å². The summed E-state index contributed by atoms with van der Waals surface area (Å²) < 4.78 is 34.7. The Balaban J connectivity index is 1.34. The second-order valence-corrected chi connectivity index (χ2v) is 7.94. The van der Waals surface area contributed by atoms with Gasteiger partial charge in [0, 0.05) is 42.9 Å². The molecule has 0 bridgehead atoms. The molecule has 1 aliphatic heterocycles. The molecule has 1 aliphatic rings. The van der Waals surface area contributed by atoms with Crippen LogP contribution >= 0.6 is 0 Å². The first-order valence-corrected chi connectivity index (χ1v) is 10.6. The minimum absolute atomic E-state index is 0.228. The molecular weight excluding hydrogens is 398 g/mol. The van der Waals surface area contributed by atoms with Gasteiger partial charge in [0.05, 0.1) is 6.61 Å². The van der Waals surface area contributed by atoms with Gasteiger partial charge in [-0.3, -0.25) is 4.98 Å². The molecule has 31 heavy (non-hydrogen) atoms. The zero-order valence-electron chi connectivity index (χ0n) is 17.8. The van der Waals surface area contributed by atoms with Crippen LogP contribution in [0.25, 0.3) is 11.1 Å². The predicted molar refractivity (Wildman–Crippen MR) is 116 cm³/mol. The van der Waals surface area contributed by atoms with E-state index in [-0.39, 0.29) is 18.3 Å². The van der Waals surface area contributed by atoms with E-state index in [0.717, 1.165) is 49.6 Å². The lowest BCUT2D eigenvalue weighted by Crippen LogP contribution is -2.36. The number of aromatic nitrogens is 3. The number of hydrogen-bond acceptors (Lipinski definition) is 5. The maximum absolute atomic E-state index is 14.6. The van der Waals surface area contributed by atoms with Crippen molar-refractivity contribution in [1.82, 2.24) is 15.0 Å². The van der Waals surface area contributed by atoms with Crippen LogP contribution < -0.4 is 9.64 Å². The van der Waals surface area contributed by atoms with Crippen LogP contribution in [0.2, 0.25) is 0 Å². The number of halogens is 2. The minimum Gasteiger partial charge on any atom is -0.487 e. The highest BCUT2D eigenvalue weighted by molar-refractivity contribution is 5.63. The van der Waals surface area contributed by atoms with Crippen molar-refractivity contribution in [3.8, 4) is 16.9 Å². The van der Waals surface area contributed by atoms with Gasteiger partial charge in [-0.2, -0.15) is 0 Å². The van der Waals surface area contributed by atoms with E-state index in [1.165, 1.54) is 12.1 Å². The highest BCUT2D eigenvalue weighted by atomic mass is 19.1. The number of anilines is 1. The van der Waals surface area contributed by atoms with Gasteiger partial charge in [-0.15, -0.1) is 0 Å². The summed E-state index contributed by atoms with van der Waals surface area (Å²) >= 11 is 0. The summed E-state index contributed by atoms with van der Waals surface area (Å²) in [4.78, 5) is 15.2. The van der Waals surface area contributed by atoms with Gasteiger partial charge in [0.1, 0.15) is 0 Å². The Hall–Kier alpha value is -3.09. The average molecular weight is 424 g/mol. The molecule has 2 aromatic heterocycles. The monoisotopic (exact) mass is 424 g/mol. The smallest absolute Gasteiger partial charge is 0.225 e. The van der Waals surface area contributed by atoms with E-state index in [1.807, 2.05) is 25.4 Å². The second kappa shape index (κ2) is 9.37. The van der Waals surface area contributed by atoms with Crippen molar-refractivity contribution in [2.75, 3.05) is 24.6 Å². The van der Waals surface area contributed by atoms with Crippen LogP contribution in [0.3, 0.4) is 0 Å². The molecule has 0 radical (unpaired) electrons. The fourth-order valence-corrected chi connectivity index (χ4v) is 3.70. The summed E-state index contributed by atoms with van der Waals surface area (Å²) in [5.41, 5.74) is 3.06. The topological polar surface area (TPSA) is 51.1 Å². The van der Waals surface area contributed by atoms with Crippen LogP contribution in [0, 0.1) is 24.5 Å². The van der Waals surface area contributed by atoms with Crippen LogP contribution in [0.15, 0.2) is 42.9 Å². The van der Waals surface area contributed by atoms with E-state index < -0.39 is 11.6 Å². The van der Waals surface area contributed by atoms with Crippen molar-refractivity contribution in [1.29, 1.82) is 0 Å². The number of piperidine rings is 1. The maximum Gasteiger partial charge on any atom is 0.225 e. The van der Waals surface area contributed by atoms with Crippen molar-refractivity contribution in [2.45, 2.75) is 33.1 Å². The largest absolute Gasteiger partial charge is 0.487 e. The number of hydrogen-bond donors (Lipinski definition) is 0. The van der Waals surface area contributed by atoms with Crippen LogP contribution in [0.1, 0.15) is 31.0 Å². The van der Waals surface area contributed by atoms with Crippen LogP contribution in [-0.2, 0) is 6.42 Å². The number of ether oxygens (including phenoxy) is 1. The molecule has 1 saturated heterocycles. The third-order valence-corrected chi connectivity index (χ3v) is 5.70. The molecule has 162 valence electrons. The Morgan fingerprint density at radius 1 is 0.968 bits per heavy atom. The number of nitrogens with zero attached hydrogens (tertiary/aromatic N) is 4. The zero-order valence-corrected chi connectivity index (χ0v) is 17.8. The van der Waals surface area contributed by atoms with Crippen molar-refractivity contribution in [2.24, 2.45) is 5.92 Å². The van der Waals surface area contributed by atoms with E-state index in [4.69, 9.17) is 4.74 Å². The molecule has 3 heterocycles. The maximum atomic E-state index is 14.6. The number of benzene rings is 1. The summed E-state index contributed by atoms with van der Waals surface area (Å²) in [5, 5.41) is 0. The van der Waals surface area contributed by atoms with Gasteiger partial charge in [0.15, 0.2) is 17.4 Å². The Morgan fingerprint density at radius 2 is 1.65 bits per heavy atom. The van der Waals surface area contributed by atoms with Gasteiger partial charge < -0.3 is 9.64 Å². The van der Waals surface area contributed by atoms with E-state index in [1.54, 1.807) is 12.3 Å². The molecular formula is C24H26F2N4O. The molecule has 4 rings (SSSR count). The van der Waals surface area contributed by atoms with Crippen molar-refractivity contribution < 1.29 is 13.5 Å². The molecule has 0 spiro atoms. The molecule has 0 N–H and O–H groups in total. The van der Waals surface area contributed by atoms with Crippen molar-refractivity contribution >= 4 is 5.95 Å². The summed E-state index contributed by atoms with van der Waals surface area (Å²) in [6, 6.07) is 6.20. The molecule has 0 amide bonds. The van der Waals surface area contributed by atoms with Crippen molar-refractivity contribution in [3.63, 3.8) is 0 Å². The SMILES string of the molecule is CCc1cnc(N2CCC(COc3c(F)cc(-c4ccc(C)nc4)cc3F)CC2)nc1. The molecule has 5 nitrogen and oxygen atoms in total. The number of pyridine rings is 1. The molecule has 1 fully saturated rings. The molecule has 1 aromatic carbocycles. The summed E-state index contributed by atoms with van der Waals surface area (Å²) in [5.74, 6) is -0.750. The van der Waals surface area contributed by atoms with E-state index >= 15 is 0 Å². The number of aryl methyl sites for hydroxylation is 2. The molecule has 3 aromatic rings. The highest BCUT2D eigenvalue weighted by Gasteiger charge is 2.23. The third-order valence-electron chi connectivity index (χ3n) is 5.70. The molecule has 7 heteroatoms. The van der Waals surface area contributed by atoms with Gasteiger partial charge in [0.25, 0.3) is 0 Å². The Bertz CT molecular complexity index is 994. The predicted octanol–water partition coefficient (Wildman–Crippen LogP) is 4.98. The second-order valence-electron chi connectivity index (χ2n) is 7.94. The standard InChI is InChI=1S/C24H26F2N4O/c1-3-17-12-28-24(29-13-17)30-8-6-18(7-9-30)15-31-23-21(25)10-20(11-22(23)26)19-5-4-16(2)27-14-19/h4-5,10-14,18H,3,6-9,15H2,1-2H3. The first-order chi connectivity index (χ1) is 15.0. The molecule has 0 saturated carbocycles. The Morgan fingerprint density at radius 3 is 2.23 bits per heavy atom. The lowest BCUT2D eigenvalue weighted by atomic mass is 9.98. The quantitative estimate of drug-likeness (QED) is 0.558. The van der Waals surface area contributed by atoms with E-state index in [9.17, 15) is 8.78 Å². The van der Waals surface area contributed by atoms with Crippen molar-refractivity contribution in [3.05, 3.63) is 65.7 Å². The van der Waals surface area contributed by atoms with Gasteiger partial charge in [-0.1, -0.05) is 13.0 Å². The molecule has 0 aliphatic carbocycles. The fourth-order valence-electron chi connectivity index (χ4n) is 3.70.